The largest absolute Gasteiger partial charge is 0.490 e. The van der Waals surface area contributed by atoms with Crippen LogP contribution >= 0.6 is 28.1 Å². The molecule has 3 aromatic carbocycles. The summed E-state index contributed by atoms with van der Waals surface area (Å²) in [4.78, 5) is 25.4. The van der Waals surface area contributed by atoms with Gasteiger partial charge in [-0.05, 0) is 66.8 Å². The number of alkyl halides is 3. The Morgan fingerprint density at radius 3 is 2.32 bits per heavy atom. The van der Waals surface area contributed by atoms with E-state index in [2.05, 4.69) is 31.9 Å². The fraction of sp³-hybridized carbons (Fsp3) is 0.160. The molecule has 2 amide bonds. The molecule has 0 aliphatic rings. The monoisotopic (exact) mass is 595 g/mol. The number of nitrogens with one attached hydrogen (secondary N) is 3. The van der Waals surface area contributed by atoms with E-state index in [1.807, 2.05) is 0 Å². The third-order valence-corrected chi connectivity index (χ3v) is 5.49. The van der Waals surface area contributed by atoms with E-state index in [9.17, 15) is 22.8 Å². The van der Waals surface area contributed by atoms with Crippen molar-refractivity contribution in [2.45, 2.75) is 6.18 Å². The van der Waals surface area contributed by atoms with Gasteiger partial charge in [0.15, 0.2) is 5.11 Å². The van der Waals surface area contributed by atoms with Crippen molar-refractivity contribution in [2.24, 2.45) is 0 Å². The van der Waals surface area contributed by atoms with E-state index < -0.39 is 23.6 Å². The van der Waals surface area contributed by atoms with E-state index in [0.29, 0.717) is 22.5 Å². The molecule has 3 rings (SSSR count). The van der Waals surface area contributed by atoms with Gasteiger partial charge in [0.2, 0.25) is 0 Å². The van der Waals surface area contributed by atoms with Crippen LogP contribution in [0.1, 0.15) is 26.3 Å². The number of thiocarbonyl (C=S) groups is 1. The number of amides is 2. The molecule has 0 fully saturated rings. The lowest BCUT2D eigenvalue weighted by Crippen LogP contribution is -2.34. The second-order valence-electron chi connectivity index (χ2n) is 7.50. The molecule has 0 radical (unpaired) electrons. The van der Waals surface area contributed by atoms with Crippen molar-refractivity contribution in [1.82, 2.24) is 5.32 Å². The van der Waals surface area contributed by atoms with Gasteiger partial charge in [0, 0.05) is 28.5 Å². The SMILES string of the molecule is COCCOc1ccc(Br)cc1C(=O)NC(=S)Nc1cccc(C(=O)Nc2cccc(C(F)(F)F)c2)c1. The van der Waals surface area contributed by atoms with Gasteiger partial charge in [-0.2, -0.15) is 13.2 Å². The van der Waals surface area contributed by atoms with Crippen molar-refractivity contribution in [3.63, 3.8) is 0 Å². The van der Waals surface area contributed by atoms with Gasteiger partial charge in [-0.1, -0.05) is 28.1 Å². The van der Waals surface area contributed by atoms with E-state index in [1.54, 1.807) is 30.3 Å². The Balaban J connectivity index is 1.66. The number of hydrogen-bond donors (Lipinski definition) is 3. The second kappa shape index (κ2) is 12.7. The summed E-state index contributed by atoms with van der Waals surface area (Å²) < 4.78 is 50.0. The summed E-state index contributed by atoms with van der Waals surface area (Å²) >= 11 is 8.56. The summed E-state index contributed by atoms with van der Waals surface area (Å²) in [6.07, 6.45) is -4.53. The first-order chi connectivity index (χ1) is 17.6. The van der Waals surface area contributed by atoms with Crippen LogP contribution in [-0.4, -0.2) is 37.3 Å². The molecule has 0 saturated carbocycles. The van der Waals surface area contributed by atoms with E-state index in [4.69, 9.17) is 21.7 Å². The number of methoxy groups -OCH3 is 1. The molecule has 0 aliphatic heterocycles. The maximum absolute atomic E-state index is 12.9. The van der Waals surface area contributed by atoms with Crippen LogP contribution in [0, 0.1) is 0 Å². The normalized spacial score (nSPS) is 10.9. The Labute approximate surface area is 224 Å². The van der Waals surface area contributed by atoms with Crippen LogP contribution in [0.15, 0.2) is 71.2 Å². The average molecular weight is 596 g/mol. The van der Waals surface area contributed by atoms with E-state index in [0.717, 1.165) is 12.1 Å². The minimum Gasteiger partial charge on any atom is -0.490 e. The van der Waals surface area contributed by atoms with Crippen LogP contribution in [-0.2, 0) is 10.9 Å². The third-order valence-electron chi connectivity index (χ3n) is 4.79. The predicted molar refractivity (Wildman–Crippen MR) is 141 cm³/mol. The van der Waals surface area contributed by atoms with Gasteiger partial charge in [0.1, 0.15) is 12.4 Å². The maximum atomic E-state index is 12.9. The smallest absolute Gasteiger partial charge is 0.416 e. The standard InChI is InChI=1S/C25H21BrF3N3O4S/c1-35-10-11-36-21-9-8-17(26)14-20(21)23(34)32-24(37)31-18-6-2-4-15(12-18)22(33)30-19-7-3-5-16(13-19)25(27,28)29/h2-9,12-14H,10-11H2,1H3,(H,30,33)(H2,31,32,34,37). The van der Waals surface area contributed by atoms with Gasteiger partial charge in [-0.15, -0.1) is 0 Å². The molecule has 7 nitrogen and oxygen atoms in total. The number of hydrogen-bond acceptors (Lipinski definition) is 5. The number of ether oxygens (including phenoxy) is 2. The highest BCUT2D eigenvalue weighted by Gasteiger charge is 2.30. The first kappa shape index (κ1) is 28.1. The van der Waals surface area contributed by atoms with Gasteiger partial charge >= 0.3 is 6.18 Å². The van der Waals surface area contributed by atoms with E-state index in [-0.39, 0.29) is 28.5 Å². The molecule has 3 N–H and O–H groups in total. The number of carbonyl (C=O) groups is 2. The zero-order valence-corrected chi connectivity index (χ0v) is 21.7. The highest BCUT2D eigenvalue weighted by Crippen LogP contribution is 2.31. The summed E-state index contributed by atoms with van der Waals surface area (Å²) in [6.45, 7) is 0.589. The first-order valence-electron chi connectivity index (χ1n) is 10.7. The first-order valence-corrected chi connectivity index (χ1v) is 11.9. The Bertz CT molecular complexity index is 1300. The molecule has 0 saturated heterocycles. The molecule has 0 unspecified atom stereocenters. The van der Waals surface area contributed by atoms with E-state index >= 15 is 0 Å². The number of anilines is 2. The molecule has 3 aromatic rings. The van der Waals surface area contributed by atoms with Gasteiger partial charge in [0.25, 0.3) is 11.8 Å². The third kappa shape index (κ3) is 8.27. The van der Waals surface area contributed by atoms with Crippen LogP contribution in [0.3, 0.4) is 0 Å². The fourth-order valence-electron chi connectivity index (χ4n) is 3.09. The van der Waals surface area contributed by atoms with Gasteiger partial charge in [-0.25, -0.2) is 0 Å². The Kier molecular flexibility index (Phi) is 9.61. The summed E-state index contributed by atoms with van der Waals surface area (Å²) in [5.41, 5.74) is -0.0907. The highest BCUT2D eigenvalue weighted by molar-refractivity contribution is 9.10. The highest BCUT2D eigenvalue weighted by atomic mass is 79.9. The minimum absolute atomic E-state index is 0.00137. The number of carbonyl (C=O) groups excluding carboxylic acids is 2. The van der Waals surface area contributed by atoms with E-state index in [1.165, 1.54) is 31.4 Å². The van der Waals surface area contributed by atoms with Crippen LogP contribution in [0.25, 0.3) is 0 Å². The quantitative estimate of drug-likeness (QED) is 0.223. The van der Waals surface area contributed by atoms with Crippen LogP contribution < -0.4 is 20.7 Å². The van der Waals surface area contributed by atoms with Gasteiger partial charge in [-0.3, -0.25) is 14.9 Å². The molecule has 194 valence electrons. The van der Waals surface area contributed by atoms with Crippen molar-refractivity contribution in [3.8, 4) is 5.75 Å². The van der Waals surface area contributed by atoms with Crippen molar-refractivity contribution >= 4 is 56.4 Å². The van der Waals surface area contributed by atoms with Crippen LogP contribution in [0.5, 0.6) is 5.75 Å². The fourth-order valence-corrected chi connectivity index (χ4v) is 3.66. The van der Waals surface area contributed by atoms with Crippen molar-refractivity contribution in [3.05, 3.63) is 87.9 Å². The minimum atomic E-state index is -4.53. The zero-order chi connectivity index (χ0) is 27.0. The maximum Gasteiger partial charge on any atom is 0.416 e. The summed E-state index contributed by atoms with van der Waals surface area (Å²) in [7, 11) is 1.53. The zero-order valence-electron chi connectivity index (χ0n) is 19.3. The molecule has 0 bridgehead atoms. The molecular formula is C25H21BrF3N3O4S. The molecule has 0 aliphatic carbocycles. The Morgan fingerprint density at radius 2 is 1.62 bits per heavy atom. The Morgan fingerprint density at radius 1 is 0.919 bits per heavy atom. The lowest BCUT2D eigenvalue weighted by molar-refractivity contribution is -0.137. The van der Waals surface area contributed by atoms with Gasteiger partial charge < -0.3 is 20.1 Å². The molecule has 0 heterocycles. The molecule has 0 aromatic heterocycles. The summed E-state index contributed by atoms with van der Waals surface area (Å²) in [6, 6.07) is 15.4. The molecular weight excluding hydrogens is 575 g/mol. The summed E-state index contributed by atoms with van der Waals surface area (Å²) in [5.74, 6) is -0.802. The number of halogens is 4. The molecule has 0 atom stereocenters. The lowest BCUT2D eigenvalue weighted by atomic mass is 10.1. The number of benzene rings is 3. The average Bonchev–Trinajstić information content (AvgIpc) is 2.84. The summed E-state index contributed by atoms with van der Waals surface area (Å²) in [5, 5.41) is 7.77. The molecule has 12 heteroatoms. The number of rotatable bonds is 8. The predicted octanol–water partition coefficient (Wildman–Crippen LogP) is 5.87. The van der Waals surface area contributed by atoms with Crippen molar-refractivity contribution in [2.75, 3.05) is 31.0 Å². The Hall–Kier alpha value is -3.48. The lowest BCUT2D eigenvalue weighted by Gasteiger charge is -2.14. The second-order valence-corrected chi connectivity index (χ2v) is 8.83. The molecule has 0 spiro atoms. The van der Waals surface area contributed by atoms with Crippen molar-refractivity contribution < 1.29 is 32.2 Å². The van der Waals surface area contributed by atoms with Crippen molar-refractivity contribution in [1.29, 1.82) is 0 Å². The topological polar surface area (TPSA) is 88.7 Å². The molecule has 37 heavy (non-hydrogen) atoms. The van der Waals surface area contributed by atoms with Crippen LogP contribution in [0.2, 0.25) is 0 Å². The van der Waals surface area contributed by atoms with Gasteiger partial charge in [0.05, 0.1) is 17.7 Å². The van der Waals surface area contributed by atoms with Crippen LogP contribution in [0.4, 0.5) is 24.5 Å².